The van der Waals surface area contributed by atoms with E-state index in [9.17, 15) is 0 Å². The summed E-state index contributed by atoms with van der Waals surface area (Å²) in [6.07, 6.45) is 0. The molecule has 23 heavy (non-hydrogen) atoms. The third-order valence-corrected chi connectivity index (χ3v) is 4.14. The van der Waals surface area contributed by atoms with Gasteiger partial charge in [-0.25, -0.2) is 0 Å². The van der Waals surface area contributed by atoms with E-state index in [0.717, 1.165) is 33.3 Å². The number of rotatable bonds is 3. The van der Waals surface area contributed by atoms with Crippen molar-refractivity contribution in [2.45, 2.75) is 13.5 Å². The minimum atomic E-state index is 0.540. The maximum absolute atomic E-state index is 6.12. The Kier molecular flexibility index (Phi) is 4.88. The highest BCUT2D eigenvalue weighted by Crippen LogP contribution is 2.32. The fourth-order valence-corrected chi connectivity index (χ4v) is 2.62. The van der Waals surface area contributed by atoms with Crippen LogP contribution in [-0.4, -0.2) is 18.3 Å². The van der Waals surface area contributed by atoms with E-state index in [-0.39, 0.29) is 0 Å². The van der Waals surface area contributed by atoms with Crippen LogP contribution in [0.1, 0.15) is 11.1 Å². The highest BCUT2D eigenvalue weighted by atomic mass is 35.5. The third kappa shape index (κ3) is 4.06. The smallest absolute Gasteiger partial charge is 0.171 e. The zero-order valence-corrected chi connectivity index (χ0v) is 14.3. The maximum atomic E-state index is 6.12. The predicted molar refractivity (Wildman–Crippen MR) is 96.7 cm³/mol. The van der Waals surface area contributed by atoms with Gasteiger partial charge < -0.3 is 20.1 Å². The van der Waals surface area contributed by atoms with Crippen LogP contribution in [0.2, 0.25) is 5.02 Å². The average molecular weight is 349 g/mol. The Morgan fingerprint density at radius 3 is 2.70 bits per heavy atom. The summed E-state index contributed by atoms with van der Waals surface area (Å²) in [6.45, 7) is 3.73. The molecular formula is C17H17ClN2O2S. The molecule has 0 radical (unpaired) electrons. The Hall–Kier alpha value is -1.98. The summed E-state index contributed by atoms with van der Waals surface area (Å²) in [5, 5.41) is 7.60. The molecular weight excluding hydrogens is 332 g/mol. The number of ether oxygens (including phenoxy) is 2. The number of aryl methyl sites for hydroxylation is 1. The number of anilines is 1. The number of benzene rings is 2. The number of fused-ring (bicyclic) bond motifs is 1. The second-order valence-electron chi connectivity index (χ2n) is 5.25. The Labute approximate surface area is 145 Å². The highest BCUT2D eigenvalue weighted by molar-refractivity contribution is 7.80. The molecule has 0 atom stereocenters. The van der Waals surface area contributed by atoms with Crippen LogP contribution in [0.4, 0.5) is 5.69 Å². The van der Waals surface area contributed by atoms with Crippen molar-refractivity contribution < 1.29 is 9.47 Å². The predicted octanol–water partition coefficient (Wildman–Crippen LogP) is 3.91. The molecule has 0 unspecified atom stereocenters. The van der Waals surface area contributed by atoms with E-state index >= 15 is 0 Å². The Morgan fingerprint density at radius 1 is 1.13 bits per heavy atom. The van der Waals surface area contributed by atoms with Gasteiger partial charge in [-0.1, -0.05) is 23.7 Å². The normalized spacial score (nSPS) is 12.6. The van der Waals surface area contributed by atoms with Crippen molar-refractivity contribution in [3.05, 3.63) is 52.5 Å². The van der Waals surface area contributed by atoms with Gasteiger partial charge in [-0.05, 0) is 48.5 Å². The van der Waals surface area contributed by atoms with Crippen LogP contribution >= 0.6 is 23.8 Å². The second-order valence-corrected chi connectivity index (χ2v) is 6.07. The molecule has 2 N–H and O–H groups in total. The van der Waals surface area contributed by atoms with Crippen molar-refractivity contribution in [2.24, 2.45) is 0 Å². The Morgan fingerprint density at radius 2 is 1.91 bits per heavy atom. The number of hydrogen-bond donors (Lipinski definition) is 2. The largest absolute Gasteiger partial charge is 0.486 e. The van der Waals surface area contributed by atoms with Gasteiger partial charge in [-0.15, -0.1) is 0 Å². The van der Waals surface area contributed by atoms with Gasteiger partial charge in [0.25, 0.3) is 0 Å². The van der Waals surface area contributed by atoms with Crippen molar-refractivity contribution in [1.82, 2.24) is 5.32 Å². The Balaban J connectivity index is 1.57. The average Bonchev–Trinajstić information content (AvgIpc) is 2.56. The lowest BCUT2D eigenvalue weighted by Gasteiger charge is -2.19. The molecule has 1 aliphatic heterocycles. The molecule has 2 aromatic rings. The standard InChI is InChI=1S/C17H17ClN2O2S/c1-11-2-3-12(8-14(11)18)10-19-17(23)20-13-4-5-15-16(9-13)22-7-6-21-15/h2-5,8-9H,6-7,10H2,1H3,(H2,19,20,23). The molecule has 4 nitrogen and oxygen atoms in total. The lowest BCUT2D eigenvalue weighted by Crippen LogP contribution is -2.28. The lowest BCUT2D eigenvalue weighted by atomic mass is 10.1. The molecule has 0 saturated heterocycles. The summed E-state index contributed by atoms with van der Waals surface area (Å²) >= 11 is 11.4. The monoisotopic (exact) mass is 348 g/mol. The van der Waals surface area contributed by atoms with Crippen molar-refractivity contribution in [2.75, 3.05) is 18.5 Å². The SMILES string of the molecule is Cc1ccc(CNC(=S)Nc2ccc3c(c2)OCCO3)cc1Cl. The molecule has 0 fully saturated rings. The van der Waals surface area contributed by atoms with Crippen molar-refractivity contribution in [1.29, 1.82) is 0 Å². The lowest BCUT2D eigenvalue weighted by molar-refractivity contribution is 0.171. The molecule has 0 aromatic heterocycles. The van der Waals surface area contributed by atoms with Gasteiger partial charge in [0.1, 0.15) is 13.2 Å². The molecule has 0 bridgehead atoms. The van der Waals surface area contributed by atoms with Gasteiger partial charge in [0.15, 0.2) is 16.6 Å². The molecule has 0 amide bonds. The van der Waals surface area contributed by atoms with E-state index in [1.54, 1.807) is 0 Å². The van der Waals surface area contributed by atoms with Crippen LogP contribution in [0.15, 0.2) is 36.4 Å². The molecule has 6 heteroatoms. The molecule has 1 aliphatic rings. The molecule has 0 spiro atoms. The van der Waals surface area contributed by atoms with E-state index in [0.29, 0.717) is 24.9 Å². The van der Waals surface area contributed by atoms with Crippen LogP contribution in [0.3, 0.4) is 0 Å². The van der Waals surface area contributed by atoms with Crippen LogP contribution in [0.25, 0.3) is 0 Å². The van der Waals surface area contributed by atoms with Gasteiger partial charge in [0.2, 0.25) is 0 Å². The van der Waals surface area contributed by atoms with Gasteiger partial charge in [0.05, 0.1) is 0 Å². The summed E-state index contributed by atoms with van der Waals surface area (Å²) in [7, 11) is 0. The highest BCUT2D eigenvalue weighted by Gasteiger charge is 2.12. The Bertz CT molecular complexity index is 737. The van der Waals surface area contributed by atoms with E-state index in [4.69, 9.17) is 33.3 Å². The van der Waals surface area contributed by atoms with Crippen molar-refractivity contribution in [3.63, 3.8) is 0 Å². The van der Waals surface area contributed by atoms with Crippen molar-refractivity contribution in [3.8, 4) is 11.5 Å². The summed E-state index contributed by atoms with van der Waals surface area (Å²) in [5.74, 6) is 1.49. The molecule has 0 saturated carbocycles. The van der Waals surface area contributed by atoms with Crippen LogP contribution in [0.5, 0.6) is 11.5 Å². The summed E-state index contributed by atoms with van der Waals surface area (Å²) in [5.41, 5.74) is 2.99. The second kappa shape index (κ2) is 7.06. The molecule has 0 aliphatic carbocycles. The van der Waals surface area contributed by atoms with Crippen LogP contribution < -0.4 is 20.1 Å². The van der Waals surface area contributed by atoms with E-state index in [1.165, 1.54) is 0 Å². The number of halogens is 1. The first-order valence-electron chi connectivity index (χ1n) is 7.31. The van der Waals surface area contributed by atoms with Gasteiger partial charge in [-0.3, -0.25) is 0 Å². The number of thiocarbonyl (C=S) groups is 1. The summed E-state index contributed by atoms with van der Waals surface area (Å²) < 4.78 is 11.1. The zero-order chi connectivity index (χ0) is 16.2. The zero-order valence-electron chi connectivity index (χ0n) is 12.7. The van der Waals surface area contributed by atoms with Gasteiger partial charge in [0, 0.05) is 23.3 Å². The minimum absolute atomic E-state index is 0.540. The third-order valence-electron chi connectivity index (χ3n) is 3.49. The molecule has 2 aromatic carbocycles. The van der Waals surface area contributed by atoms with Crippen molar-refractivity contribution >= 4 is 34.6 Å². The quantitative estimate of drug-likeness (QED) is 0.823. The number of nitrogens with one attached hydrogen (secondary N) is 2. The molecule has 120 valence electrons. The van der Waals surface area contributed by atoms with E-state index < -0.39 is 0 Å². The topological polar surface area (TPSA) is 42.5 Å². The minimum Gasteiger partial charge on any atom is -0.486 e. The fraction of sp³-hybridized carbons (Fsp3) is 0.235. The summed E-state index contributed by atoms with van der Waals surface area (Å²) in [4.78, 5) is 0. The molecule has 1 heterocycles. The first-order chi connectivity index (χ1) is 11.1. The first-order valence-corrected chi connectivity index (χ1v) is 8.10. The van der Waals surface area contributed by atoms with Gasteiger partial charge >= 0.3 is 0 Å². The van der Waals surface area contributed by atoms with Crippen LogP contribution in [0, 0.1) is 6.92 Å². The number of hydrogen-bond acceptors (Lipinski definition) is 3. The van der Waals surface area contributed by atoms with Crippen LogP contribution in [-0.2, 0) is 6.54 Å². The molecule has 3 rings (SSSR count). The maximum Gasteiger partial charge on any atom is 0.171 e. The van der Waals surface area contributed by atoms with Gasteiger partial charge in [-0.2, -0.15) is 0 Å². The van der Waals surface area contributed by atoms with E-state index in [1.807, 2.05) is 43.3 Å². The fourth-order valence-electron chi connectivity index (χ4n) is 2.23. The van der Waals surface area contributed by atoms with E-state index in [2.05, 4.69) is 10.6 Å². The summed E-state index contributed by atoms with van der Waals surface area (Å²) in [6, 6.07) is 11.6. The first kappa shape index (κ1) is 15.9.